The molecule has 0 bridgehead atoms. The number of carbonyl (C=O) groups is 3. The van der Waals surface area contributed by atoms with Crippen LogP contribution < -0.4 is 15.4 Å². The van der Waals surface area contributed by atoms with E-state index < -0.39 is 12.0 Å². The number of rotatable bonds is 10. The van der Waals surface area contributed by atoms with Gasteiger partial charge >= 0.3 is 5.97 Å². The molecule has 2 amide bonds. The van der Waals surface area contributed by atoms with Gasteiger partial charge in [0, 0.05) is 25.5 Å². The Labute approximate surface area is 141 Å². The molecule has 1 rings (SSSR count). The number of hydrogen-bond acceptors (Lipinski definition) is 4. The summed E-state index contributed by atoms with van der Waals surface area (Å²) < 4.78 is 5.56. The van der Waals surface area contributed by atoms with Gasteiger partial charge in [-0.1, -0.05) is 18.2 Å². The third kappa shape index (κ3) is 7.13. The molecule has 1 unspecified atom stereocenters. The van der Waals surface area contributed by atoms with E-state index in [9.17, 15) is 14.4 Å². The van der Waals surface area contributed by atoms with Crippen LogP contribution in [0.1, 0.15) is 44.7 Å². The summed E-state index contributed by atoms with van der Waals surface area (Å²) in [6.07, 6.45) is 0.417. The lowest BCUT2D eigenvalue weighted by Gasteiger charge is -2.21. The lowest BCUT2D eigenvalue weighted by molar-refractivity contribution is -0.137. The highest BCUT2D eigenvalue weighted by molar-refractivity contribution is 5.79. The zero-order valence-electron chi connectivity index (χ0n) is 14.0. The average molecular weight is 336 g/mol. The normalized spacial score (nSPS) is 11.4. The molecule has 1 aromatic carbocycles. The summed E-state index contributed by atoms with van der Waals surface area (Å²) >= 11 is 0. The highest BCUT2D eigenvalue weighted by atomic mass is 16.5. The largest absolute Gasteiger partial charge is 0.494 e. The van der Waals surface area contributed by atoms with Crippen molar-refractivity contribution < 1.29 is 24.2 Å². The van der Waals surface area contributed by atoms with Gasteiger partial charge in [-0.05, 0) is 19.4 Å². The number of amides is 2. The van der Waals surface area contributed by atoms with Gasteiger partial charge in [-0.2, -0.15) is 0 Å². The van der Waals surface area contributed by atoms with E-state index in [0.29, 0.717) is 18.8 Å². The molecule has 1 aromatic rings. The van der Waals surface area contributed by atoms with Gasteiger partial charge in [0.25, 0.3) is 0 Å². The van der Waals surface area contributed by atoms with Crippen molar-refractivity contribution >= 4 is 17.8 Å². The molecular weight excluding hydrogens is 312 g/mol. The molecule has 0 heterocycles. The summed E-state index contributed by atoms with van der Waals surface area (Å²) in [4.78, 5) is 34.0. The van der Waals surface area contributed by atoms with E-state index in [0.717, 1.165) is 5.56 Å². The number of carbonyl (C=O) groups excluding carboxylic acids is 2. The summed E-state index contributed by atoms with van der Waals surface area (Å²) in [5.74, 6) is -0.779. The van der Waals surface area contributed by atoms with Gasteiger partial charge < -0.3 is 20.5 Å². The van der Waals surface area contributed by atoms with Crippen LogP contribution in [0.25, 0.3) is 0 Å². The maximum Gasteiger partial charge on any atom is 0.303 e. The molecule has 0 spiro atoms. The summed E-state index contributed by atoms with van der Waals surface area (Å²) in [5.41, 5.74) is 0.732. The second kappa shape index (κ2) is 10.3. The Morgan fingerprint density at radius 3 is 2.58 bits per heavy atom. The van der Waals surface area contributed by atoms with Gasteiger partial charge in [0.2, 0.25) is 11.8 Å². The Balaban J connectivity index is 2.73. The molecule has 0 saturated heterocycles. The maximum absolute atomic E-state index is 12.1. The predicted molar refractivity (Wildman–Crippen MR) is 88.7 cm³/mol. The molecule has 132 valence electrons. The standard InChI is InChI=1S/C17H24N2O5/c1-3-24-15-8-5-4-7-13(15)14(19-12(2)20)11-16(21)18-10-6-9-17(22)23/h4-5,7-8,14H,3,6,9-11H2,1-2H3,(H,18,21)(H,19,20)(H,22,23). The molecule has 0 aliphatic carbocycles. The number of carboxylic acid groups (broad SMARTS) is 1. The Kier molecular flexibility index (Phi) is 8.32. The Hall–Kier alpha value is -2.57. The second-order valence-electron chi connectivity index (χ2n) is 5.28. The predicted octanol–water partition coefficient (Wildman–Crippen LogP) is 1.63. The molecule has 0 aromatic heterocycles. The van der Waals surface area contributed by atoms with Crippen LogP contribution in [0.2, 0.25) is 0 Å². The summed E-state index contributed by atoms with van der Waals surface area (Å²) in [5, 5.41) is 14.0. The number of benzene rings is 1. The first kappa shape index (κ1) is 19.5. The van der Waals surface area contributed by atoms with Crippen molar-refractivity contribution in [3.8, 4) is 5.75 Å². The molecule has 0 aliphatic heterocycles. The monoisotopic (exact) mass is 336 g/mol. The molecule has 1 atom stereocenters. The minimum atomic E-state index is -0.897. The number of aliphatic carboxylic acids is 1. The first-order valence-electron chi connectivity index (χ1n) is 7.91. The van der Waals surface area contributed by atoms with Gasteiger partial charge in [-0.25, -0.2) is 0 Å². The number of nitrogens with one attached hydrogen (secondary N) is 2. The van der Waals surface area contributed by atoms with E-state index in [1.807, 2.05) is 25.1 Å². The van der Waals surface area contributed by atoms with Crippen LogP contribution in [0.15, 0.2) is 24.3 Å². The highest BCUT2D eigenvalue weighted by Gasteiger charge is 2.20. The number of ether oxygens (including phenoxy) is 1. The van der Waals surface area contributed by atoms with Crippen molar-refractivity contribution in [2.24, 2.45) is 0 Å². The third-order valence-corrected chi connectivity index (χ3v) is 3.25. The fourth-order valence-electron chi connectivity index (χ4n) is 2.26. The van der Waals surface area contributed by atoms with E-state index in [4.69, 9.17) is 9.84 Å². The molecule has 0 fully saturated rings. The van der Waals surface area contributed by atoms with Gasteiger partial charge in [-0.3, -0.25) is 14.4 Å². The van der Waals surface area contributed by atoms with Crippen LogP contribution in [-0.2, 0) is 14.4 Å². The van der Waals surface area contributed by atoms with E-state index >= 15 is 0 Å². The number of hydrogen-bond donors (Lipinski definition) is 3. The van der Waals surface area contributed by atoms with E-state index in [1.165, 1.54) is 6.92 Å². The molecule has 24 heavy (non-hydrogen) atoms. The van der Waals surface area contributed by atoms with Gasteiger partial charge in [-0.15, -0.1) is 0 Å². The van der Waals surface area contributed by atoms with Crippen molar-refractivity contribution in [2.75, 3.05) is 13.2 Å². The van der Waals surface area contributed by atoms with Crippen molar-refractivity contribution in [2.45, 2.75) is 39.2 Å². The van der Waals surface area contributed by atoms with E-state index in [-0.39, 0.29) is 31.2 Å². The molecule has 7 heteroatoms. The molecule has 7 nitrogen and oxygen atoms in total. The first-order valence-corrected chi connectivity index (χ1v) is 7.91. The second-order valence-corrected chi connectivity index (χ2v) is 5.28. The smallest absolute Gasteiger partial charge is 0.303 e. The van der Waals surface area contributed by atoms with Crippen LogP contribution in [0.4, 0.5) is 0 Å². The Morgan fingerprint density at radius 1 is 1.25 bits per heavy atom. The van der Waals surface area contributed by atoms with Crippen LogP contribution in [-0.4, -0.2) is 36.0 Å². The van der Waals surface area contributed by atoms with Crippen molar-refractivity contribution in [1.29, 1.82) is 0 Å². The van der Waals surface area contributed by atoms with Crippen LogP contribution in [0.5, 0.6) is 5.75 Å². The van der Waals surface area contributed by atoms with Crippen LogP contribution in [0.3, 0.4) is 0 Å². The zero-order chi connectivity index (χ0) is 17.9. The molecule has 3 N–H and O–H groups in total. The fourth-order valence-corrected chi connectivity index (χ4v) is 2.26. The summed E-state index contributed by atoms with van der Waals surface area (Å²) in [6, 6.07) is 6.73. The molecule has 0 saturated carbocycles. The molecule has 0 radical (unpaired) electrons. The molecular formula is C17H24N2O5. The average Bonchev–Trinajstić information content (AvgIpc) is 2.51. The SMILES string of the molecule is CCOc1ccccc1C(CC(=O)NCCCC(=O)O)NC(C)=O. The van der Waals surface area contributed by atoms with Crippen molar-refractivity contribution in [1.82, 2.24) is 10.6 Å². The van der Waals surface area contributed by atoms with Gasteiger partial charge in [0.1, 0.15) is 5.75 Å². The number of carboxylic acids is 1. The van der Waals surface area contributed by atoms with Crippen molar-refractivity contribution in [3.05, 3.63) is 29.8 Å². The first-order chi connectivity index (χ1) is 11.4. The van der Waals surface area contributed by atoms with E-state index in [2.05, 4.69) is 10.6 Å². The van der Waals surface area contributed by atoms with Crippen LogP contribution in [0, 0.1) is 0 Å². The lowest BCUT2D eigenvalue weighted by atomic mass is 10.0. The Bertz CT molecular complexity index is 574. The fraction of sp³-hybridized carbons (Fsp3) is 0.471. The Morgan fingerprint density at radius 2 is 1.96 bits per heavy atom. The topological polar surface area (TPSA) is 105 Å². The van der Waals surface area contributed by atoms with E-state index in [1.54, 1.807) is 6.07 Å². The van der Waals surface area contributed by atoms with Crippen molar-refractivity contribution in [3.63, 3.8) is 0 Å². The third-order valence-electron chi connectivity index (χ3n) is 3.25. The molecule has 0 aliphatic rings. The minimum absolute atomic E-state index is 0.00256. The maximum atomic E-state index is 12.1. The minimum Gasteiger partial charge on any atom is -0.494 e. The zero-order valence-corrected chi connectivity index (χ0v) is 14.0. The van der Waals surface area contributed by atoms with Gasteiger partial charge in [0.05, 0.1) is 19.1 Å². The summed E-state index contributed by atoms with van der Waals surface area (Å²) in [7, 11) is 0. The number of para-hydroxylation sites is 1. The van der Waals surface area contributed by atoms with Gasteiger partial charge in [0.15, 0.2) is 0 Å². The summed E-state index contributed by atoms with van der Waals surface area (Å²) in [6.45, 7) is 4.01. The van der Waals surface area contributed by atoms with Crippen LogP contribution >= 0.6 is 0 Å². The quantitative estimate of drug-likeness (QED) is 0.563. The lowest BCUT2D eigenvalue weighted by Crippen LogP contribution is -2.33. The highest BCUT2D eigenvalue weighted by Crippen LogP contribution is 2.27.